The van der Waals surface area contributed by atoms with Gasteiger partial charge in [0.1, 0.15) is 5.82 Å². The molecule has 2 fully saturated rings. The van der Waals surface area contributed by atoms with Crippen LogP contribution in [0.25, 0.3) is 11.2 Å². The first-order valence-corrected chi connectivity index (χ1v) is 7.86. The zero-order chi connectivity index (χ0) is 14.6. The number of halogens is 1. The highest BCUT2D eigenvalue weighted by Crippen LogP contribution is 2.64. The number of hydrogen-bond donors (Lipinski definition) is 2. The standard InChI is InChI=1S/C14H15BrN4O2/c15-8-5-10-12(16-7-8)18-11(17-10)9-6-14(9)1-3-19(4-2-14)13(20)21/h5,7,9H,1-4,6H2,(H,20,21)(H,16,17,18). The predicted octanol–water partition coefficient (Wildman–Crippen LogP) is 2.97. The Morgan fingerprint density at radius 2 is 2.24 bits per heavy atom. The van der Waals surface area contributed by atoms with Crippen molar-refractivity contribution in [1.82, 2.24) is 19.9 Å². The van der Waals surface area contributed by atoms with E-state index in [1.165, 1.54) is 4.90 Å². The third-order valence-corrected chi connectivity index (χ3v) is 5.31. The fraction of sp³-hybridized carbons (Fsp3) is 0.500. The quantitative estimate of drug-likeness (QED) is 0.828. The van der Waals surface area contributed by atoms with Crippen LogP contribution in [0.1, 0.15) is 31.0 Å². The molecule has 0 bridgehead atoms. The van der Waals surface area contributed by atoms with E-state index in [-0.39, 0.29) is 5.41 Å². The molecule has 3 heterocycles. The molecule has 2 aromatic heterocycles. The van der Waals surface area contributed by atoms with Crippen LogP contribution in [0.2, 0.25) is 0 Å². The highest BCUT2D eigenvalue weighted by atomic mass is 79.9. The van der Waals surface area contributed by atoms with Crippen LogP contribution in [-0.4, -0.2) is 44.1 Å². The van der Waals surface area contributed by atoms with E-state index in [1.807, 2.05) is 6.07 Å². The maximum absolute atomic E-state index is 11.0. The number of fused-ring (bicyclic) bond motifs is 1. The number of nitrogens with zero attached hydrogens (tertiary/aromatic N) is 3. The molecule has 2 aromatic rings. The summed E-state index contributed by atoms with van der Waals surface area (Å²) < 4.78 is 0.936. The fourth-order valence-corrected chi connectivity index (χ4v) is 3.82. The van der Waals surface area contributed by atoms with Gasteiger partial charge in [0.2, 0.25) is 0 Å². The zero-order valence-electron chi connectivity index (χ0n) is 11.3. The number of nitrogens with one attached hydrogen (secondary N) is 1. The van der Waals surface area contributed by atoms with Crippen molar-refractivity contribution >= 4 is 33.2 Å². The van der Waals surface area contributed by atoms with Crippen LogP contribution in [0, 0.1) is 5.41 Å². The molecule has 1 saturated heterocycles. The van der Waals surface area contributed by atoms with Crippen molar-refractivity contribution in [2.75, 3.05) is 13.1 Å². The molecule has 110 valence electrons. The van der Waals surface area contributed by atoms with Crippen molar-refractivity contribution in [3.63, 3.8) is 0 Å². The maximum Gasteiger partial charge on any atom is 0.407 e. The summed E-state index contributed by atoms with van der Waals surface area (Å²) >= 11 is 3.41. The number of aromatic nitrogens is 3. The Hall–Kier alpha value is -1.63. The number of carboxylic acid groups (broad SMARTS) is 1. The monoisotopic (exact) mass is 350 g/mol. The van der Waals surface area contributed by atoms with Crippen LogP contribution < -0.4 is 0 Å². The van der Waals surface area contributed by atoms with Crippen molar-refractivity contribution in [2.45, 2.75) is 25.2 Å². The van der Waals surface area contributed by atoms with Crippen LogP contribution in [0.4, 0.5) is 4.79 Å². The molecule has 1 amide bonds. The molecule has 1 spiro atoms. The van der Waals surface area contributed by atoms with Crippen molar-refractivity contribution in [2.24, 2.45) is 5.41 Å². The Labute approximate surface area is 129 Å². The Morgan fingerprint density at radius 3 is 2.95 bits per heavy atom. The van der Waals surface area contributed by atoms with Gasteiger partial charge in [-0.15, -0.1) is 0 Å². The third kappa shape index (κ3) is 2.10. The first-order valence-electron chi connectivity index (χ1n) is 7.06. The van der Waals surface area contributed by atoms with Crippen LogP contribution in [0.3, 0.4) is 0 Å². The van der Waals surface area contributed by atoms with E-state index in [9.17, 15) is 4.79 Å². The van der Waals surface area contributed by atoms with E-state index in [4.69, 9.17) is 5.11 Å². The molecular formula is C14H15BrN4O2. The molecule has 1 saturated carbocycles. The third-order valence-electron chi connectivity index (χ3n) is 4.87. The maximum atomic E-state index is 11.0. The molecule has 7 heteroatoms. The number of likely N-dealkylation sites (tertiary alicyclic amines) is 1. The van der Waals surface area contributed by atoms with Crippen LogP contribution in [0.15, 0.2) is 16.7 Å². The lowest BCUT2D eigenvalue weighted by atomic mass is 9.91. The molecule has 21 heavy (non-hydrogen) atoms. The smallest absolute Gasteiger partial charge is 0.407 e. The van der Waals surface area contributed by atoms with Gasteiger partial charge in [0.05, 0.1) is 5.52 Å². The summed E-state index contributed by atoms with van der Waals surface area (Å²) in [5.41, 5.74) is 1.94. The molecule has 2 N–H and O–H groups in total. The van der Waals surface area contributed by atoms with E-state index >= 15 is 0 Å². The van der Waals surface area contributed by atoms with Crippen LogP contribution >= 0.6 is 15.9 Å². The Bertz CT molecular complexity index is 721. The summed E-state index contributed by atoms with van der Waals surface area (Å²) in [7, 11) is 0. The Balaban J connectivity index is 1.54. The van der Waals surface area contributed by atoms with E-state index in [1.54, 1.807) is 6.20 Å². The second-order valence-corrected chi connectivity index (χ2v) is 6.95. The number of carbonyl (C=O) groups is 1. The minimum Gasteiger partial charge on any atom is -0.465 e. The normalized spacial score (nSPS) is 23.7. The lowest BCUT2D eigenvalue weighted by molar-refractivity contribution is 0.119. The summed E-state index contributed by atoms with van der Waals surface area (Å²) in [6.07, 6.45) is 3.90. The summed E-state index contributed by atoms with van der Waals surface area (Å²) in [6, 6.07) is 1.99. The number of hydrogen-bond acceptors (Lipinski definition) is 3. The molecule has 6 nitrogen and oxygen atoms in total. The average Bonchev–Trinajstić information content (AvgIpc) is 2.98. The van der Waals surface area contributed by atoms with Gasteiger partial charge in [0, 0.05) is 29.7 Å². The zero-order valence-corrected chi connectivity index (χ0v) is 12.9. The van der Waals surface area contributed by atoms with Gasteiger partial charge in [-0.05, 0) is 46.7 Å². The van der Waals surface area contributed by atoms with E-state index in [0.717, 1.165) is 40.7 Å². The predicted molar refractivity (Wildman–Crippen MR) is 80.2 cm³/mol. The lowest BCUT2D eigenvalue weighted by Crippen LogP contribution is -2.38. The Morgan fingerprint density at radius 1 is 1.48 bits per heavy atom. The van der Waals surface area contributed by atoms with Gasteiger partial charge in [0.15, 0.2) is 5.65 Å². The van der Waals surface area contributed by atoms with Gasteiger partial charge in [-0.1, -0.05) is 0 Å². The molecule has 0 radical (unpaired) electrons. The summed E-state index contributed by atoms with van der Waals surface area (Å²) in [5, 5.41) is 9.03. The number of imidazole rings is 1. The Kier molecular flexibility index (Phi) is 2.76. The van der Waals surface area contributed by atoms with E-state index in [0.29, 0.717) is 19.0 Å². The topological polar surface area (TPSA) is 82.1 Å². The number of piperidine rings is 1. The molecular weight excluding hydrogens is 336 g/mol. The van der Waals surface area contributed by atoms with Crippen molar-refractivity contribution in [1.29, 1.82) is 0 Å². The van der Waals surface area contributed by atoms with Gasteiger partial charge in [0.25, 0.3) is 0 Å². The molecule has 1 atom stereocenters. The molecule has 0 aromatic carbocycles. The van der Waals surface area contributed by atoms with Gasteiger partial charge in [-0.2, -0.15) is 0 Å². The van der Waals surface area contributed by atoms with Crippen LogP contribution in [0.5, 0.6) is 0 Å². The lowest BCUT2D eigenvalue weighted by Gasteiger charge is -2.30. The van der Waals surface area contributed by atoms with Gasteiger partial charge < -0.3 is 15.0 Å². The molecule has 2 aliphatic rings. The first kappa shape index (κ1) is 13.1. The first-order chi connectivity index (χ1) is 10.1. The summed E-state index contributed by atoms with van der Waals surface area (Å²) in [5.74, 6) is 1.42. The highest BCUT2D eigenvalue weighted by molar-refractivity contribution is 9.10. The van der Waals surface area contributed by atoms with Crippen molar-refractivity contribution in [3.05, 3.63) is 22.6 Å². The van der Waals surface area contributed by atoms with E-state index < -0.39 is 6.09 Å². The minimum absolute atomic E-state index is 0.247. The largest absolute Gasteiger partial charge is 0.465 e. The molecule has 1 unspecified atom stereocenters. The molecule has 4 rings (SSSR count). The van der Waals surface area contributed by atoms with Gasteiger partial charge in [-0.25, -0.2) is 14.8 Å². The fourth-order valence-electron chi connectivity index (χ4n) is 3.49. The second kappa shape index (κ2) is 4.43. The minimum atomic E-state index is -0.806. The number of aromatic amines is 1. The molecule has 1 aliphatic heterocycles. The number of pyridine rings is 1. The number of H-pyrrole nitrogens is 1. The van der Waals surface area contributed by atoms with Gasteiger partial charge in [-0.3, -0.25) is 0 Å². The number of rotatable bonds is 1. The van der Waals surface area contributed by atoms with Crippen molar-refractivity contribution in [3.8, 4) is 0 Å². The van der Waals surface area contributed by atoms with Crippen LogP contribution in [-0.2, 0) is 0 Å². The highest BCUT2D eigenvalue weighted by Gasteiger charge is 2.57. The van der Waals surface area contributed by atoms with Gasteiger partial charge >= 0.3 is 6.09 Å². The summed E-state index contributed by atoms with van der Waals surface area (Å²) in [6.45, 7) is 1.27. The SMILES string of the molecule is O=C(O)N1CCC2(CC1)CC2c1nc2ncc(Br)cc2[nH]1. The average molecular weight is 351 g/mol. The molecule has 1 aliphatic carbocycles. The summed E-state index contributed by atoms with van der Waals surface area (Å²) in [4.78, 5) is 24.8. The number of amides is 1. The van der Waals surface area contributed by atoms with Crippen molar-refractivity contribution < 1.29 is 9.90 Å². The second-order valence-electron chi connectivity index (χ2n) is 6.04. The van der Waals surface area contributed by atoms with E-state index in [2.05, 4.69) is 30.9 Å².